The van der Waals surface area contributed by atoms with Gasteiger partial charge in [0.05, 0.1) is 34.3 Å². The van der Waals surface area contributed by atoms with Gasteiger partial charge in [0.25, 0.3) is 26.0 Å². The van der Waals surface area contributed by atoms with Crippen molar-refractivity contribution >= 4 is 60.7 Å². The molecule has 0 aromatic heterocycles. The van der Waals surface area contributed by atoms with Gasteiger partial charge in [-0.1, -0.05) is 17.7 Å². The largest absolute Gasteiger partial charge is 0.378 e. The van der Waals surface area contributed by atoms with Gasteiger partial charge >= 0.3 is 0 Å². The topological polar surface area (TPSA) is 122 Å². The van der Waals surface area contributed by atoms with E-state index in [-0.39, 0.29) is 21.4 Å². The lowest BCUT2D eigenvalue weighted by Crippen LogP contribution is -2.40. The lowest BCUT2D eigenvalue weighted by Gasteiger charge is -2.27. The van der Waals surface area contributed by atoms with E-state index >= 15 is 0 Å². The number of thioether (sulfide) groups is 1. The van der Waals surface area contributed by atoms with Gasteiger partial charge in [-0.3, -0.25) is 14.2 Å². The van der Waals surface area contributed by atoms with Crippen LogP contribution in [0.25, 0.3) is 0 Å². The van der Waals surface area contributed by atoms with Crippen LogP contribution in [0.2, 0.25) is 5.02 Å². The van der Waals surface area contributed by atoms with Gasteiger partial charge in [0.15, 0.2) is 0 Å². The third-order valence-electron chi connectivity index (χ3n) is 5.94. The van der Waals surface area contributed by atoms with Crippen molar-refractivity contribution in [3.05, 3.63) is 76.8 Å². The van der Waals surface area contributed by atoms with Crippen LogP contribution in [0.15, 0.2) is 75.4 Å². The highest BCUT2D eigenvalue weighted by atomic mass is 35.5. The average Bonchev–Trinajstić information content (AvgIpc) is 2.91. The zero-order valence-corrected chi connectivity index (χ0v) is 23.8. The van der Waals surface area contributed by atoms with E-state index in [9.17, 15) is 21.6 Å². The Balaban J connectivity index is 1.54. The van der Waals surface area contributed by atoms with Gasteiger partial charge in [-0.25, -0.2) is 16.8 Å². The number of nitrogens with one attached hydrogen (secondary N) is 2. The van der Waals surface area contributed by atoms with Crippen molar-refractivity contribution in [2.75, 3.05) is 42.0 Å². The van der Waals surface area contributed by atoms with E-state index in [1.54, 1.807) is 36.1 Å². The molecule has 1 aliphatic heterocycles. The summed E-state index contributed by atoms with van der Waals surface area (Å²) in [5.74, 6) is -0.258. The van der Waals surface area contributed by atoms with Crippen molar-refractivity contribution < 1.29 is 26.4 Å². The van der Waals surface area contributed by atoms with Crippen molar-refractivity contribution in [3.63, 3.8) is 0 Å². The van der Waals surface area contributed by atoms with Crippen molar-refractivity contribution in [2.24, 2.45) is 0 Å². The molecule has 0 unspecified atom stereocenters. The lowest BCUT2D eigenvalue weighted by molar-refractivity contribution is 0.0300. The number of hydrogen-bond acceptors (Lipinski definition) is 7. The molecule has 0 aliphatic carbocycles. The van der Waals surface area contributed by atoms with Crippen LogP contribution in [0.4, 0.5) is 11.4 Å². The molecule has 0 saturated carbocycles. The first-order valence-electron chi connectivity index (χ1n) is 11.5. The number of carbonyl (C=O) groups excluding carboxylic acids is 1. The maximum Gasteiger partial charge on any atom is 0.261 e. The summed E-state index contributed by atoms with van der Waals surface area (Å²) < 4.78 is 62.2. The van der Waals surface area contributed by atoms with Crippen molar-refractivity contribution in [3.8, 4) is 0 Å². The second-order valence-corrected chi connectivity index (χ2v) is 13.0. The van der Waals surface area contributed by atoms with Gasteiger partial charge in [0.1, 0.15) is 0 Å². The minimum Gasteiger partial charge on any atom is -0.378 e. The van der Waals surface area contributed by atoms with E-state index < -0.39 is 20.0 Å². The molecule has 1 fully saturated rings. The zero-order valence-electron chi connectivity index (χ0n) is 20.6. The molecule has 1 amide bonds. The van der Waals surface area contributed by atoms with Crippen LogP contribution < -0.4 is 9.44 Å². The molecular weight excluding hydrogens is 570 g/mol. The number of morpholine rings is 1. The lowest BCUT2D eigenvalue weighted by atomic mass is 10.2. The maximum atomic E-state index is 13.1. The second kappa shape index (κ2) is 11.5. The summed E-state index contributed by atoms with van der Waals surface area (Å²) in [6.45, 7) is 3.43. The number of benzene rings is 3. The molecular formula is C25H26ClN3O6S3. The number of halogens is 1. The highest BCUT2D eigenvalue weighted by Crippen LogP contribution is 2.28. The first-order chi connectivity index (χ1) is 18.0. The van der Waals surface area contributed by atoms with E-state index in [0.29, 0.717) is 53.0 Å². The van der Waals surface area contributed by atoms with Gasteiger partial charge < -0.3 is 9.64 Å². The summed E-state index contributed by atoms with van der Waals surface area (Å²) in [6.07, 6.45) is 1.82. The number of carbonyl (C=O) groups is 1. The molecule has 1 aliphatic rings. The van der Waals surface area contributed by atoms with E-state index in [0.717, 1.165) is 0 Å². The molecule has 0 atom stereocenters. The summed E-state index contributed by atoms with van der Waals surface area (Å²) >= 11 is 7.43. The van der Waals surface area contributed by atoms with Crippen molar-refractivity contribution in [1.82, 2.24) is 4.90 Å². The van der Waals surface area contributed by atoms with Gasteiger partial charge in [-0.05, 0) is 73.3 Å². The average molecular weight is 596 g/mol. The van der Waals surface area contributed by atoms with Gasteiger partial charge in [-0.15, -0.1) is 11.8 Å². The molecule has 4 rings (SSSR count). The van der Waals surface area contributed by atoms with Crippen LogP contribution in [-0.2, 0) is 24.8 Å². The molecule has 202 valence electrons. The molecule has 3 aromatic carbocycles. The molecule has 2 N–H and O–H groups in total. The molecule has 0 bridgehead atoms. The highest BCUT2D eigenvalue weighted by molar-refractivity contribution is 7.98. The molecule has 1 heterocycles. The molecule has 9 nitrogen and oxygen atoms in total. The standard InChI is InChI=1S/C25H26ClN3O6S3/c1-17-22(26)4-3-5-23(17)28-37(31,32)19-8-6-18(7-9-19)27-38(33,34)20-10-11-24(36-2)21(16-20)25(30)29-12-14-35-15-13-29/h3-11,16,27-28H,12-15H2,1-2H3. The normalized spacial score (nSPS) is 14.2. The van der Waals surface area contributed by atoms with Crippen LogP contribution in [-0.4, -0.2) is 60.2 Å². The predicted molar refractivity (Wildman–Crippen MR) is 149 cm³/mol. The third kappa shape index (κ3) is 6.26. The Morgan fingerprint density at radius 1 is 0.921 bits per heavy atom. The molecule has 3 aromatic rings. The smallest absolute Gasteiger partial charge is 0.261 e. The fraction of sp³-hybridized carbons (Fsp3) is 0.240. The fourth-order valence-corrected chi connectivity index (χ4v) is 6.75. The second-order valence-electron chi connectivity index (χ2n) is 8.41. The van der Waals surface area contributed by atoms with Crippen LogP contribution in [0, 0.1) is 6.92 Å². The summed E-state index contributed by atoms with van der Waals surface area (Å²) in [7, 11) is -8.00. The maximum absolute atomic E-state index is 13.1. The zero-order chi connectivity index (χ0) is 27.5. The molecule has 38 heavy (non-hydrogen) atoms. The Morgan fingerprint density at radius 2 is 1.55 bits per heavy atom. The minimum absolute atomic E-state index is 0.0532. The predicted octanol–water partition coefficient (Wildman–Crippen LogP) is 4.44. The summed E-state index contributed by atoms with van der Waals surface area (Å²) in [5.41, 5.74) is 1.39. The number of ether oxygens (including phenoxy) is 1. The molecule has 13 heteroatoms. The van der Waals surface area contributed by atoms with Gasteiger partial charge in [-0.2, -0.15) is 0 Å². The van der Waals surface area contributed by atoms with E-state index in [2.05, 4.69) is 9.44 Å². The highest BCUT2D eigenvalue weighted by Gasteiger charge is 2.24. The number of rotatable bonds is 8. The Kier molecular flexibility index (Phi) is 8.58. The van der Waals surface area contributed by atoms with Gasteiger partial charge in [0, 0.05) is 28.7 Å². The molecule has 0 radical (unpaired) electrons. The van der Waals surface area contributed by atoms with Gasteiger partial charge in [0.2, 0.25) is 0 Å². The number of nitrogens with zero attached hydrogens (tertiary/aromatic N) is 1. The summed E-state index contributed by atoms with van der Waals surface area (Å²) in [5, 5.41) is 0.426. The number of hydrogen-bond donors (Lipinski definition) is 2. The first-order valence-corrected chi connectivity index (χ1v) is 16.0. The Hall–Kier alpha value is -2.77. The molecule has 0 spiro atoms. The molecule has 1 saturated heterocycles. The van der Waals surface area contributed by atoms with E-state index in [1.807, 2.05) is 6.26 Å². The summed E-state index contributed by atoms with van der Waals surface area (Å²) in [4.78, 5) is 15.3. The Bertz CT molecular complexity index is 1560. The SMILES string of the molecule is CSc1ccc(S(=O)(=O)Nc2ccc(S(=O)(=O)Nc3cccc(Cl)c3C)cc2)cc1C(=O)N1CCOCC1. The Morgan fingerprint density at radius 3 is 2.21 bits per heavy atom. The monoisotopic (exact) mass is 595 g/mol. The minimum atomic E-state index is -4.07. The van der Waals surface area contributed by atoms with Crippen molar-refractivity contribution in [1.29, 1.82) is 0 Å². The number of amides is 1. The van der Waals surface area contributed by atoms with E-state index in [1.165, 1.54) is 48.2 Å². The van der Waals surface area contributed by atoms with Crippen LogP contribution >= 0.6 is 23.4 Å². The quantitative estimate of drug-likeness (QED) is 0.369. The van der Waals surface area contributed by atoms with Crippen LogP contribution in [0.1, 0.15) is 15.9 Å². The summed E-state index contributed by atoms with van der Waals surface area (Å²) in [6, 6.07) is 14.6. The first kappa shape index (κ1) is 28.2. The Labute approximate surface area is 231 Å². The third-order valence-corrected chi connectivity index (χ3v) is 9.90. The van der Waals surface area contributed by atoms with Crippen LogP contribution in [0.3, 0.4) is 0 Å². The fourth-order valence-electron chi connectivity index (χ4n) is 3.80. The van der Waals surface area contributed by atoms with Crippen molar-refractivity contribution in [2.45, 2.75) is 21.6 Å². The van der Waals surface area contributed by atoms with E-state index in [4.69, 9.17) is 16.3 Å². The number of sulfonamides is 2. The number of anilines is 2. The van der Waals surface area contributed by atoms with Crippen LogP contribution in [0.5, 0.6) is 0 Å².